The topological polar surface area (TPSA) is 137 Å². The number of nitrogens with two attached hydrogens (primary N) is 3. The van der Waals surface area contributed by atoms with Crippen LogP contribution in [-0.4, -0.2) is 38.5 Å². The van der Waals surface area contributed by atoms with E-state index in [0.29, 0.717) is 11.4 Å². The average molecular weight is 389 g/mol. The first kappa shape index (κ1) is 18.0. The van der Waals surface area contributed by atoms with Gasteiger partial charge in [-0.1, -0.05) is 0 Å². The molecule has 4 heterocycles. The Labute approximate surface area is 159 Å². The first-order chi connectivity index (χ1) is 13.1. The molecule has 1 aliphatic heterocycles. The zero-order valence-electron chi connectivity index (χ0n) is 15.4. The summed E-state index contributed by atoms with van der Waals surface area (Å²) < 4.78 is 28.9. The van der Waals surface area contributed by atoms with Crippen LogP contribution in [0.2, 0.25) is 0 Å². The van der Waals surface area contributed by atoms with Gasteiger partial charge in [0, 0.05) is 13.2 Å². The van der Waals surface area contributed by atoms with E-state index >= 15 is 0 Å². The summed E-state index contributed by atoms with van der Waals surface area (Å²) in [5.41, 5.74) is 20.4. The number of hydrogen-bond acceptors (Lipinski definition) is 8. The molecule has 1 aliphatic rings. The third kappa shape index (κ3) is 2.98. The fraction of sp³-hybridized carbons (Fsp3) is 0.353. The number of aromatic nitrogens is 4. The van der Waals surface area contributed by atoms with Crippen molar-refractivity contribution in [3.8, 4) is 0 Å². The molecule has 0 aliphatic carbocycles. The van der Waals surface area contributed by atoms with Gasteiger partial charge < -0.3 is 32.0 Å². The molecule has 11 heteroatoms. The van der Waals surface area contributed by atoms with Crippen molar-refractivity contribution < 1.29 is 8.78 Å². The highest BCUT2D eigenvalue weighted by Gasteiger charge is 2.45. The monoisotopic (exact) mass is 389 g/mol. The zero-order valence-corrected chi connectivity index (χ0v) is 15.4. The lowest BCUT2D eigenvalue weighted by Gasteiger charge is -2.41. The standard InChI is InChI=1S/C17H21F2N9/c1-8(23-15-12(20)14(21)25-16(22)26-15)13-11(28-6-17(18,19)7-28)5-10-9(24-13)3-4-27(10)2/h3-5,8H,6-7,20H2,1-2H3,(H5,21,22,23,25,26)/t8-/m1/s1. The minimum atomic E-state index is -2.70. The summed E-state index contributed by atoms with van der Waals surface area (Å²) in [6.45, 7) is 1.15. The predicted octanol–water partition coefficient (Wildman–Crippen LogP) is 1.74. The van der Waals surface area contributed by atoms with Gasteiger partial charge in [0.2, 0.25) is 5.95 Å². The molecule has 1 fully saturated rings. The third-order valence-electron chi connectivity index (χ3n) is 4.82. The molecule has 0 aromatic carbocycles. The maximum Gasteiger partial charge on any atom is 0.282 e. The molecule has 0 amide bonds. The Kier molecular flexibility index (Phi) is 3.91. The minimum Gasteiger partial charge on any atom is -0.393 e. The SMILES string of the molecule is C[C@@H](Nc1nc(N)nc(N)c1N)c1nc2ccn(C)c2cc1N1CC(F)(F)C1. The lowest BCUT2D eigenvalue weighted by Crippen LogP contribution is -2.56. The molecular weight excluding hydrogens is 368 g/mol. The zero-order chi connectivity index (χ0) is 20.2. The van der Waals surface area contributed by atoms with Crippen molar-refractivity contribution in [1.82, 2.24) is 19.5 Å². The van der Waals surface area contributed by atoms with Gasteiger partial charge in [-0.25, -0.2) is 13.8 Å². The normalized spacial score (nSPS) is 16.8. The highest BCUT2D eigenvalue weighted by atomic mass is 19.3. The summed E-state index contributed by atoms with van der Waals surface area (Å²) in [4.78, 5) is 14.2. The smallest absolute Gasteiger partial charge is 0.282 e. The van der Waals surface area contributed by atoms with Gasteiger partial charge in [-0.3, -0.25) is 0 Å². The molecule has 0 saturated carbocycles. The van der Waals surface area contributed by atoms with Crippen molar-refractivity contribution in [2.45, 2.75) is 18.9 Å². The largest absolute Gasteiger partial charge is 0.393 e. The van der Waals surface area contributed by atoms with E-state index in [4.69, 9.17) is 22.2 Å². The molecule has 0 bridgehead atoms. The second kappa shape index (κ2) is 6.08. The van der Waals surface area contributed by atoms with Gasteiger partial charge in [-0.05, 0) is 19.1 Å². The summed E-state index contributed by atoms with van der Waals surface area (Å²) in [7, 11) is 1.88. The Balaban J connectivity index is 1.74. The molecule has 0 radical (unpaired) electrons. The van der Waals surface area contributed by atoms with E-state index in [1.54, 1.807) is 4.90 Å². The molecule has 3 aromatic heterocycles. The number of pyridine rings is 1. The van der Waals surface area contributed by atoms with Crippen LogP contribution in [0.3, 0.4) is 0 Å². The number of nitrogen functional groups attached to an aromatic ring is 3. The summed E-state index contributed by atoms with van der Waals surface area (Å²) >= 11 is 0. The molecule has 0 unspecified atom stereocenters. The van der Waals surface area contributed by atoms with E-state index in [9.17, 15) is 8.78 Å². The first-order valence-corrected chi connectivity index (χ1v) is 8.68. The van der Waals surface area contributed by atoms with E-state index < -0.39 is 12.0 Å². The Morgan fingerprint density at radius 1 is 1.18 bits per heavy atom. The molecule has 4 rings (SSSR count). The summed E-state index contributed by atoms with van der Waals surface area (Å²) in [5.74, 6) is -2.38. The van der Waals surface area contributed by atoms with Crippen LogP contribution in [0.4, 0.5) is 37.7 Å². The number of hydrogen-bond donors (Lipinski definition) is 4. The van der Waals surface area contributed by atoms with Crippen LogP contribution in [0, 0.1) is 0 Å². The van der Waals surface area contributed by atoms with Gasteiger partial charge in [0.25, 0.3) is 5.92 Å². The maximum atomic E-state index is 13.5. The van der Waals surface area contributed by atoms with Crippen LogP contribution in [0.5, 0.6) is 0 Å². The van der Waals surface area contributed by atoms with Gasteiger partial charge in [-0.15, -0.1) is 0 Å². The molecule has 148 valence electrons. The molecule has 1 saturated heterocycles. The number of nitrogens with zero attached hydrogens (tertiary/aromatic N) is 5. The van der Waals surface area contributed by atoms with Gasteiger partial charge in [-0.2, -0.15) is 9.97 Å². The molecule has 7 N–H and O–H groups in total. The van der Waals surface area contributed by atoms with Gasteiger partial charge in [0.1, 0.15) is 5.69 Å². The number of rotatable bonds is 4. The number of nitrogens with one attached hydrogen (secondary N) is 1. The van der Waals surface area contributed by atoms with Gasteiger partial charge in [0.05, 0.1) is 41.5 Å². The number of halogens is 2. The summed E-state index contributed by atoms with van der Waals surface area (Å²) in [5, 5.41) is 3.12. The van der Waals surface area contributed by atoms with E-state index in [1.807, 2.05) is 36.9 Å². The Hall–Kier alpha value is -3.37. The number of fused-ring (bicyclic) bond motifs is 1. The van der Waals surface area contributed by atoms with E-state index in [1.165, 1.54) is 0 Å². The van der Waals surface area contributed by atoms with Crippen molar-refractivity contribution in [3.63, 3.8) is 0 Å². The fourth-order valence-electron chi connectivity index (χ4n) is 3.33. The molecule has 0 spiro atoms. The van der Waals surface area contributed by atoms with Crippen molar-refractivity contribution >= 4 is 40.0 Å². The summed E-state index contributed by atoms with van der Waals surface area (Å²) in [6, 6.07) is 3.34. The predicted molar refractivity (Wildman–Crippen MR) is 105 cm³/mol. The van der Waals surface area contributed by atoms with Crippen molar-refractivity contribution in [1.29, 1.82) is 0 Å². The quantitative estimate of drug-likeness (QED) is 0.529. The van der Waals surface area contributed by atoms with Crippen molar-refractivity contribution in [2.24, 2.45) is 7.05 Å². The third-order valence-corrected chi connectivity index (χ3v) is 4.82. The van der Waals surface area contributed by atoms with E-state index in [-0.39, 0.29) is 36.4 Å². The van der Waals surface area contributed by atoms with Crippen molar-refractivity contribution in [3.05, 3.63) is 24.0 Å². The minimum absolute atomic E-state index is 0.0181. The first-order valence-electron chi connectivity index (χ1n) is 8.68. The number of aryl methyl sites for hydroxylation is 1. The average Bonchev–Trinajstić information content (AvgIpc) is 2.96. The van der Waals surface area contributed by atoms with Gasteiger partial charge >= 0.3 is 0 Å². The van der Waals surface area contributed by atoms with Crippen LogP contribution >= 0.6 is 0 Å². The Bertz CT molecular complexity index is 1050. The molecular formula is C17H21F2N9. The van der Waals surface area contributed by atoms with Gasteiger partial charge in [0.15, 0.2) is 11.6 Å². The van der Waals surface area contributed by atoms with Crippen LogP contribution in [0.25, 0.3) is 11.0 Å². The van der Waals surface area contributed by atoms with Crippen LogP contribution in [0.15, 0.2) is 18.3 Å². The lowest BCUT2D eigenvalue weighted by atomic mass is 10.1. The molecule has 28 heavy (non-hydrogen) atoms. The van der Waals surface area contributed by atoms with E-state index in [2.05, 4.69) is 15.3 Å². The molecule has 1 atom stereocenters. The summed E-state index contributed by atoms with van der Waals surface area (Å²) in [6.07, 6.45) is 1.87. The maximum absolute atomic E-state index is 13.5. The molecule has 3 aromatic rings. The Morgan fingerprint density at radius 2 is 1.89 bits per heavy atom. The van der Waals surface area contributed by atoms with Crippen LogP contribution in [0.1, 0.15) is 18.7 Å². The highest BCUT2D eigenvalue weighted by Crippen LogP contribution is 2.38. The highest BCUT2D eigenvalue weighted by molar-refractivity contribution is 5.82. The van der Waals surface area contributed by atoms with Crippen LogP contribution in [-0.2, 0) is 7.05 Å². The number of alkyl halides is 2. The van der Waals surface area contributed by atoms with E-state index in [0.717, 1.165) is 11.0 Å². The molecule has 9 nitrogen and oxygen atoms in total. The van der Waals surface area contributed by atoms with Crippen molar-refractivity contribution in [2.75, 3.05) is 40.5 Å². The fourth-order valence-corrected chi connectivity index (χ4v) is 3.33. The second-order valence-corrected chi connectivity index (χ2v) is 7.03. The number of anilines is 5. The Morgan fingerprint density at radius 3 is 2.57 bits per heavy atom. The lowest BCUT2D eigenvalue weighted by molar-refractivity contribution is -0.0263. The van der Waals surface area contributed by atoms with Crippen LogP contribution < -0.4 is 27.4 Å². The second-order valence-electron chi connectivity index (χ2n) is 7.03.